The highest BCUT2D eigenvalue weighted by atomic mass is 35.5. The van der Waals surface area contributed by atoms with Crippen LogP contribution in [0.4, 0.5) is 0 Å². The van der Waals surface area contributed by atoms with Crippen molar-refractivity contribution in [2.45, 2.75) is 32.7 Å². The average Bonchev–Trinajstić information content (AvgIpc) is 2.42. The Morgan fingerprint density at radius 1 is 1.24 bits per heavy atom. The predicted molar refractivity (Wildman–Crippen MR) is 90.3 cm³/mol. The number of rotatable bonds is 5. The van der Waals surface area contributed by atoms with Crippen molar-refractivity contribution in [1.29, 1.82) is 0 Å². The highest BCUT2D eigenvalue weighted by Gasteiger charge is 2.32. The largest absolute Gasteiger partial charge is 0.340 e. The lowest BCUT2D eigenvalue weighted by molar-refractivity contribution is -0.122. The summed E-state index contributed by atoms with van der Waals surface area (Å²) in [5, 5.41) is 3.51. The number of hydrogen-bond donors (Lipinski definition) is 1. The number of alkyl halides is 1. The number of halogens is 4. The van der Waals surface area contributed by atoms with Crippen molar-refractivity contribution in [2.24, 2.45) is 0 Å². The van der Waals surface area contributed by atoms with Crippen LogP contribution < -0.4 is 5.32 Å². The zero-order valence-electron chi connectivity index (χ0n) is 11.9. The molecule has 1 aromatic rings. The summed E-state index contributed by atoms with van der Waals surface area (Å²) in [5.41, 5.74) is 0.0236. The SMILES string of the molecule is CCC(C)(NC(=O)c1cc(Cl)c(C)c(Cl)c1)C(=O)CCl.Cl. The zero-order chi connectivity index (χ0) is 15.5. The second-order valence-electron chi connectivity index (χ2n) is 4.76. The van der Waals surface area contributed by atoms with Crippen LogP contribution in [-0.2, 0) is 4.79 Å². The molecule has 1 amide bonds. The molecule has 1 atom stereocenters. The summed E-state index contributed by atoms with van der Waals surface area (Å²) >= 11 is 17.6. The van der Waals surface area contributed by atoms with E-state index in [1.165, 1.54) is 12.1 Å². The molecule has 0 bridgehead atoms. The molecule has 0 aliphatic heterocycles. The Balaban J connectivity index is 0.00000400. The second-order valence-corrected chi connectivity index (χ2v) is 5.84. The van der Waals surface area contributed by atoms with Gasteiger partial charge in [-0.05, 0) is 38.0 Å². The summed E-state index contributed by atoms with van der Waals surface area (Å²) < 4.78 is 0. The molecular formula is C14H17Cl4NO2. The molecule has 3 nitrogen and oxygen atoms in total. The molecule has 0 radical (unpaired) electrons. The van der Waals surface area contributed by atoms with E-state index < -0.39 is 11.4 Å². The zero-order valence-corrected chi connectivity index (χ0v) is 15.0. The van der Waals surface area contributed by atoms with Gasteiger partial charge in [0, 0.05) is 15.6 Å². The maximum atomic E-state index is 12.2. The van der Waals surface area contributed by atoms with Crippen LogP contribution in [0.5, 0.6) is 0 Å². The first kappa shape index (κ1) is 20.5. The number of hydrogen-bond acceptors (Lipinski definition) is 2. The van der Waals surface area contributed by atoms with Crippen LogP contribution in [0, 0.1) is 6.92 Å². The number of carbonyl (C=O) groups is 2. The molecule has 1 rings (SSSR count). The van der Waals surface area contributed by atoms with Crippen molar-refractivity contribution < 1.29 is 9.59 Å². The van der Waals surface area contributed by atoms with Crippen molar-refractivity contribution >= 4 is 58.9 Å². The Hall–Kier alpha value is -0.480. The molecule has 1 unspecified atom stereocenters. The normalized spacial score (nSPS) is 13.0. The van der Waals surface area contributed by atoms with E-state index in [0.29, 0.717) is 27.6 Å². The van der Waals surface area contributed by atoms with Gasteiger partial charge in [-0.3, -0.25) is 9.59 Å². The van der Waals surface area contributed by atoms with Gasteiger partial charge in [-0.2, -0.15) is 0 Å². The number of benzene rings is 1. The Kier molecular flexibility index (Phi) is 8.04. The van der Waals surface area contributed by atoms with Crippen LogP contribution in [-0.4, -0.2) is 23.1 Å². The Morgan fingerprint density at radius 2 is 1.71 bits per heavy atom. The average molecular weight is 373 g/mol. The summed E-state index contributed by atoms with van der Waals surface area (Å²) in [7, 11) is 0. The first-order chi connectivity index (χ1) is 9.25. The number of amides is 1. The van der Waals surface area contributed by atoms with Crippen LogP contribution in [0.25, 0.3) is 0 Å². The molecule has 0 spiro atoms. The molecule has 0 saturated carbocycles. The van der Waals surface area contributed by atoms with Crippen LogP contribution in [0.3, 0.4) is 0 Å². The van der Waals surface area contributed by atoms with Crippen molar-refractivity contribution in [3.63, 3.8) is 0 Å². The van der Waals surface area contributed by atoms with Gasteiger partial charge in [0.25, 0.3) is 5.91 Å². The van der Waals surface area contributed by atoms with Gasteiger partial charge in [0.1, 0.15) is 0 Å². The van der Waals surface area contributed by atoms with E-state index in [1.807, 2.05) is 0 Å². The third kappa shape index (κ3) is 4.75. The quantitative estimate of drug-likeness (QED) is 0.777. The van der Waals surface area contributed by atoms with E-state index in [1.54, 1.807) is 20.8 Å². The van der Waals surface area contributed by atoms with Crippen molar-refractivity contribution in [1.82, 2.24) is 5.32 Å². The van der Waals surface area contributed by atoms with Gasteiger partial charge >= 0.3 is 0 Å². The molecule has 0 aliphatic rings. The van der Waals surface area contributed by atoms with Crippen molar-refractivity contribution in [3.8, 4) is 0 Å². The van der Waals surface area contributed by atoms with Crippen LogP contribution in [0.1, 0.15) is 36.2 Å². The standard InChI is InChI=1S/C14H16Cl3NO2.ClH/c1-4-14(3,12(19)7-15)18-13(20)9-5-10(16)8(2)11(17)6-9;/h5-6H,4,7H2,1-3H3,(H,18,20);1H. The Labute approximate surface area is 145 Å². The smallest absolute Gasteiger partial charge is 0.252 e. The Bertz CT molecular complexity index is 525. The van der Waals surface area contributed by atoms with Crippen LogP contribution in [0.15, 0.2) is 12.1 Å². The van der Waals surface area contributed by atoms with E-state index in [9.17, 15) is 9.59 Å². The van der Waals surface area contributed by atoms with Gasteiger partial charge in [0.15, 0.2) is 5.78 Å². The molecule has 0 saturated heterocycles. The molecule has 0 heterocycles. The number of ketones is 1. The summed E-state index contributed by atoms with van der Waals surface area (Å²) in [6.07, 6.45) is 0.442. The minimum atomic E-state index is -0.997. The maximum absolute atomic E-state index is 12.2. The second kappa shape index (κ2) is 8.23. The summed E-state index contributed by atoms with van der Waals surface area (Å²) in [5.74, 6) is -0.795. The lowest BCUT2D eigenvalue weighted by Crippen LogP contribution is -2.52. The summed E-state index contributed by atoms with van der Waals surface area (Å²) in [4.78, 5) is 24.1. The minimum absolute atomic E-state index is 0. The van der Waals surface area contributed by atoms with E-state index in [4.69, 9.17) is 34.8 Å². The van der Waals surface area contributed by atoms with E-state index >= 15 is 0 Å². The van der Waals surface area contributed by atoms with Crippen molar-refractivity contribution in [2.75, 3.05) is 5.88 Å². The van der Waals surface area contributed by atoms with Gasteiger partial charge in [-0.15, -0.1) is 24.0 Å². The van der Waals surface area contributed by atoms with E-state index in [-0.39, 0.29) is 24.1 Å². The molecule has 0 aliphatic carbocycles. The maximum Gasteiger partial charge on any atom is 0.252 e. The van der Waals surface area contributed by atoms with Gasteiger partial charge < -0.3 is 5.32 Å². The minimum Gasteiger partial charge on any atom is -0.340 e. The topological polar surface area (TPSA) is 46.2 Å². The van der Waals surface area contributed by atoms with Gasteiger partial charge in [-0.25, -0.2) is 0 Å². The molecule has 7 heteroatoms. The highest BCUT2D eigenvalue weighted by Crippen LogP contribution is 2.26. The first-order valence-corrected chi connectivity index (χ1v) is 7.41. The molecule has 118 valence electrons. The lowest BCUT2D eigenvalue weighted by Gasteiger charge is -2.27. The third-order valence-corrected chi connectivity index (χ3v) is 4.40. The van der Waals surface area contributed by atoms with Gasteiger partial charge in [0.2, 0.25) is 0 Å². The summed E-state index contributed by atoms with van der Waals surface area (Å²) in [6, 6.07) is 3.05. The molecule has 21 heavy (non-hydrogen) atoms. The van der Waals surface area contributed by atoms with Crippen LogP contribution in [0.2, 0.25) is 10.0 Å². The molecule has 1 aromatic carbocycles. The fourth-order valence-electron chi connectivity index (χ4n) is 1.60. The van der Waals surface area contributed by atoms with Gasteiger partial charge in [0.05, 0.1) is 11.4 Å². The monoisotopic (exact) mass is 371 g/mol. The van der Waals surface area contributed by atoms with E-state index in [0.717, 1.165) is 0 Å². The Morgan fingerprint density at radius 3 is 2.10 bits per heavy atom. The molecule has 0 aromatic heterocycles. The fraction of sp³-hybridized carbons (Fsp3) is 0.429. The first-order valence-electron chi connectivity index (χ1n) is 6.12. The fourth-order valence-corrected chi connectivity index (χ4v) is 2.38. The predicted octanol–water partition coefficient (Wildman–Crippen LogP) is 4.43. The third-order valence-electron chi connectivity index (χ3n) is 3.38. The van der Waals surface area contributed by atoms with Crippen LogP contribution >= 0.6 is 47.2 Å². The number of Topliss-reactive ketones (excluding diaryl/α,β-unsaturated/α-hetero) is 1. The molecule has 0 fully saturated rings. The van der Waals surface area contributed by atoms with Crippen molar-refractivity contribution in [3.05, 3.63) is 33.3 Å². The molecular weight excluding hydrogens is 356 g/mol. The van der Waals surface area contributed by atoms with Gasteiger partial charge in [-0.1, -0.05) is 30.1 Å². The summed E-state index contributed by atoms with van der Waals surface area (Å²) in [6.45, 7) is 5.21. The highest BCUT2D eigenvalue weighted by molar-refractivity contribution is 6.36. The molecule has 1 N–H and O–H groups in total. The number of nitrogens with one attached hydrogen (secondary N) is 1. The number of carbonyl (C=O) groups excluding carboxylic acids is 2. The van der Waals surface area contributed by atoms with E-state index in [2.05, 4.69) is 5.32 Å². The lowest BCUT2D eigenvalue weighted by atomic mass is 9.93.